The maximum absolute atomic E-state index is 8.55. The van der Waals surface area contributed by atoms with Crippen LogP contribution in [-0.2, 0) is 4.57 Å². The molecule has 0 aliphatic rings. The standard InChI is InChI=1S/Al.Mg.H3O4P.H3P/c;;1-5(2,3)4;/h;;(H3,1,2,3,4);1H3/q+3;+2;;/p-3. The van der Waals surface area contributed by atoms with E-state index in [1.54, 1.807) is 0 Å². The average Bonchev–Trinajstić information content (AvgIpc) is 0.722. The predicted molar refractivity (Wildman–Crippen MR) is 30.2 cm³/mol. The molecule has 8 heavy (non-hydrogen) atoms. The first-order valence-electron chi connectivity index (χ1n) is 0.730. The van der Waals surface area contributed by atoms with Gasteiger partial charge in [-0.25, -0.2) is 0 Å². The molecule has 1 unspecified atom stereocenters. The van der Waals surface area contributed by atoms with Crippen molar-refractivity contribution in [2.24, 2.45) is 0 Å². The van der Waals surface area contributed by atoms with Gasteiger partial charge in [-0.3, -0.25) is 0 Å². The SMILES string of the molecule is O=P([O-])([O-])[O-].P.[Al+3].[Mg+2]. The average molecular weight is 180 g/mol. The van der Waals surface area contributed by atoms with Gasteiger partial charge in [0.05, 0.1) is 0 Å². The van der Waals surface area contributed by atoms with E-state index in [9.17, 15) is 0 Å². The molecule has 1 atom stereocenters. The van der Waals surface area contributed by atoms with E-state index >= 15 is 0 Å². The Labute approximate surface area is 77.2 Å². The molecule has 4 nitrogen and oxygen atoms in total. The van der Waals surface area contributed by atoms with E-state index in [0.29, 0.717) is 0 Å². The Kier molecular flexibility index (Phi) is 24.9. The molecule has 40 valence electrons. The summed E-state index contributed by atoms with van der Waals surface area (Å²) >= 11 is 0. The van der Waals surface area contributed by atoms with Crippen molar-refractivity contribution in [3.05, 3.63) is 0 Å². The van der Waals surface area contributed by atoms with Crippen molar-refractivity contribution in [2.45, 2.75) is 0 Å². The van der Waals surface area contributed by atoms with Gasteiger partial charge < -0.3 is 19.2 Å². The van der Waals surface area contributed by atoms with Crippen LogP contribution in [-0.4, -0.2) is 40.4 Å². The molecule has 0 aromatic carbocycles. The molecule has 8 heteroatoms. The second-order valence-corrected chi connectivity index (χ2v) is 1.34. The van der Waals surface area contributed by atoms with Crippen LogP contribution in [0.15, 0.2) is 0 Å². The zero-order valence-corrected chi connectivity index (χ0v) is 8.95. The van der Waals surface area contributed by atoms with Crippen molar-refractivity contribution in [1.82, 2.24) is 0 Å². The molecule has 0 fully saturated rings. The van der Waals surface area contributed by atoms with Crippen molar-refractivity contribution < 1.29 is 19.2 Å². The third-order valence-corrected chi connectivity index (χ3v) is 0. The molecule has 0 N–H and O–H groups in total. The molecule has 0 saturated carbocycles. The summed E-state index contributed by atoms with van der Waals surface area (Å²) in [6, 6.07) is 0. The molecule has 0 spiro atoms. The molecule has 0 aliphatic carbocycles. The van der Waals surface area contributed by atoms with E-state index in [-0.39, 0.29) is 50.3 Å². The summed E-state index contributed by atoms with van der Waals surface area (Å²) in [6.07, 6.45) is 0. The first-order valence-corrected chi connectivity index (χ1v) is 2.19. The van der Waals surface area contributed by atoms with Crippen molar-refractivity contribution in [3.63, 3.8) is 0 Å². The molecular weight excluding hydrogens is 177 g/mol. The molecule has 0 radical (unpaired) electrons. The van der Waals surface area contributed by atoms with Crippen LogP contribution in [0.25, 0.3) is 0 Å². The van der Waals surface area contributed by atoms with Crippen molar-refractivity contribution in [2.75, 3.05) is 0 Å². The summed E-state index contributed by atoms with van der Waals surface area (Å²) in [5, 5.41) is 0. The molecule has 0 aliphatic heterocycles. The smallest absolute Gasteiger partial charge is 0.822 e. The molecular formula is H3AlMgO4P2+2. The van der Waals surface area contributed by atoms with Crippen LogP contribution >= 0.6 is 17.7 Å². The normalized spacial score (nSPS) is 7.38. The molecule has 0 aromatic heterocycles. The van der Waals surface area contributed by atoms with Gasteiger partial charge in [-0.05, 0) is 0 Å². The monoisotopic (exact) mass is 180 g/mol. The largest absolute Gasteiger partial charge is 3.00 e. The first-order chi connectivity index (χ1) is 2.00. The second kappa shape index (κ2) is 8.84. The minimum absolute atomic E-state index is 0. The predicted octanol–water partition coefficient (Wildman–Crippen LogP) is -3.53. The quantitative estimate of drug-likeness (QED) is 0.285. The summed E-state index contributed by atoms with van der Waals surface area (Å²) in [4.78, 5) is 25.6. The number of phosphoric acid groups is 1. The first kappa shape index (κ1) is 22.5. The van der Waals surface area contributed by atoms with Gasteiger partial charge in [0.1, 0.15) is 0 Å². The summed E-state index contributed by atoms with van der Waals surface area (Å²) in [5.41, 5.74) is 0. The van der Waals surface area contributed by atoms with Gasteiger partial charge >= 0.3 is 40.4 Å². The van der Waals surface area contributed by atoms with Crippen LogP contribution in [0.2, 0.25) is 0 Å². The molecule has 0 rings (SSSR count). The summed E-state index contributed by atoms with van der Waals surface area (Å²) in [5.74, 6) is 0. The fourth-order valence-corrected chi connectivity index (χ4v) is 0. The van der Waals surface area contributed by atoms with Gasteiger partial charge in [0.2, 0.25) is 0 Å². The third kappa shape index (κ3) is 108. The Morgan fingerprint density at radius 1 is 1.12 bits per heavy atom. The number of hydrogen-bond acceptors (Lipinski definition) is 4. The Morgan fingerprint density at radius 3 is 1.12 bits per heavy atom. The van der Waals surface area contributed by atoms with Gasteiger partial charge in [-0.1, -0.05) is 0 Å². The van der Waals surface area contributed by atoms with Crippen LogP contribution in [0.4, 0.5) is 0 Å². The molecule has 0 bridgehead atoms. The van der Waals surface area contributed by atoms with Crippen LogP contribution in [0.5, 0.6) is 0 Å². The van der Waals surface area contributed by atoms with Crippen LogP contribution in [0.1, 0.15) is 0 Å². The van der Waals surface area contributed by atoms with Gasteiger partial charge in [0, 0.05) is 0 Å². The zero-order valence-electron chi connectivity index (χ0n) is 4.07. The maximum atomic E-state index is 8.55. The third-order valence-electron chi connectivity index (χ3n) is 0. The van der Waals surface area contributed by atoms with E-state index in [1.807, 2.05) is 0 Å². The van der Waals surface area contributed by atoms with Gasteiger partial charge in [0.15, 0.2) is 0 Å². The van der Waals surface area contributed by atoms with Crippen molar-refractivity contribution in [3.8, 4) is 0 Å². The van der Waals surface area contributed by atoms with Crippen LogP contribution in [0, 0.1) is 0 Å². The molecule has 0 amide bonds. The Morgan fingerprint density at radius 2 is 1.12 bits per heavy atom. The molecule has 0 heterocycles. The van der Waals surface area contributed by atoms with Crippen molar-refractivity contribution in [1.29, 1.82) is 0 Å². The van der Waals surface area contributed by atoms with Crippen molar-refractivity contribution >= 4 is 58.1 Å². The second-order valence-electron chi connectivity index (χ2n) is 0.447. The minimum atomic E-state index is -5.39. The summed E-state index contributed by atoms with van der Waals surface area (Å²) in [6.45, 7) is 0. The summed E-state index contributed by atoms with van der Waals surface area (Å²) < 4.78 is 8.55. The number of rotatable bonds is 0. The minimum Gasteiger partial charge on any atom is -0.822 e. The fourth-order valence-electron chi connectivity index (χ4n) is 0. The molecule has 0 aromatic rings. The van der Waals surface area contributed by atoms with Gasteiger partial charge in [0.25, 0.3) is 0 Å². The van der Waals surface area contributed by atoms with E-state index in [2.05, 4.69) is 0 Å². The molecule has 0 saturated heterocycles. The van der Waals surface area contributed by atoms with Crippen LogP contribution in [0.3, 0.4) is 0 Å². The zero-order chi connectivity index (χ0) is 4.50. The fraction of sp³-hybridized carbons (Fsp3) is 0. The van der Waals surface area contributed by atoms with E-state index < -0.39 is 7.82 Å². The topological polar surface area (TPSA) is 86.2 Å². The number of hydrogen-bond donors (Lipinski definition) is 0. The van der Waals surface area contributed by atoms with E-state index in [1.165, 1.54) is 0 Å². The maximum Gasteiger partial charge on any atom is 3.00 e. The van der Waals surface area contributed by atoms with Gasteiger partial charge in [-0.2, -0.15) is 17.7 Å². The Balaban J connectivity index is -0.0000000267. The van der Waals surface area contributed by atoms with E-state index in [4.69, 9.17) is 19.2 Å². The Bertz CT molecular complexity index is 60.2. The van der Waals surface area contributed by atoms with Gasteiger partial charge in [-0.15, -0.1) is 0 Å². The van der Waals surface area contributed by atoms with E-state index in [0.717, 1.165) is 0 Å². The van der Waals surface area contributed by atoms with Crippen LogP contribution < -0.4 is 14.7 Å². The Hall–Kier alpha value is 1.84. The summed E-state index contributed by atoms with van der Waals surface area (Å²) in [7, 11) is -5.39.